The summed E-state index contributed by atoms with van der Waals surface area (Å²) >= 11 is 20.7. The van der Waals surface area contributed by atoms with Gasteiger partial charge in [0, 0.05) is 22.2 Å². The normalized spacial score (nSPS) is 10.7. The first kappa shape index (κ1) is 22.3. The molecule has 0 amide bonds. The largest absolute Gasteiger partial charge is 0.490 e. The average molecular weight is 563 g/mol. The molecule has 0 bridgehead atoms. The maximum atomic E-state index is 6.24. The SMILES string of the molecule is CCOc1cc(CNc2ccc(Cl)cc2Cl)cc(I)c1OCc1ccccc1Cl. The lowest BCUT2D eigenvalue weighted by atomic mass is 10.2. The van der Waals surface area contributed by atoms with Crippen LogP contribution >= 0.6 is 57.4 Å². The van der Waals surface area contributed by atoms with E-state index in [2.05, 4.69) is 34.0 Å². The Balaban J connectivity index is 1.77. The first-order valence-corrected chi connectivity index (χ1v) is 11.2. The quantitative estimate of drug-likeness (QED) is 0.284. The van der Waals surface area contributed by atoms with Crippen LogP contribution in [0, 0.1) is 3.57 Å². The van der Waals surface area contributed by atoms with Crippen LogP contribution in [0.2, 0.25) is 15.1 Å². The molecule has 29 heavy (non-hydrogen) atoms. The Hall–Kier alpha value is -1.34. The Bertz CT molecular complexity index is 998. The van der Waals surface area contributed by atoms with Crippen LogP contribution in [-0.4, -0.2) is 6.61 Å². The van der Waals surface area contributed by atoms with E-state index in [0.29, 0.717) is 46.3 Å². The van der Waals surface area contributed by atoms with E-state index in [1.165, 1.54) is 0 Å². The van der Waals surface area contributed by atoms with Gasteiger partial charge < -0.3 is 14.8 Å². The zero-order valence-corrected chi connectivity index (χ0v) is 20.1. The molecule has 0 spiro atoms. The standard InChI is InChI=1S/C22H19Cl3INO2/c1-2-28-21-10-14(12-27-20-8-7-16(23)11-18(20)25)9-19(26)22(21)29-13-15-5-3-4-6-17(15)24/h3-11,27H,2,12-13H2,1H3. The third-order valence-electron chi connectivity index (χ3n) is 4.11. The molecule has 0 aliphatic carbocycles. The molecule has 3 rings (SSSR count). The molecular weight excluding hydrogens is 544 g/mol. The number of anilines is 1. The Morgan fingerprint density at radius 3 is 2.45 bits per heavy atom. The van der Waals surface area contributed by atoms with Crippen LogP contribution in [0.3, 0.4) is 0 Å². The van der Waals surface area contributed by atoms with Crippen LogP contribution in [0.4, 0.5) is 5.69 Å². The minimum Gasteiger partial charge on any atom is -0.490 e. The summed E-state index contributed by atoms with van der Waals surface area (Å²) in [5.74, 6) is 1.41. The zero-order valence-electron chi connectivity index (χ0n) is 15.6. The molecule has 0 atom stereocenters. The molecule has 0 aliphatic heterocycles. The first-order valence-electron chi connectivity index (χ1n) is 8.98. The zero-order chi connectivity index (χ0) is 20.8. The summed E-state index contributed by atoms with van der Waals surface area (Å²) in [6.45, 7) is 3.44. The van der Waals surface area contributed by atoms with Crippen LogP contribution in [0.5, 0.6) is 11.5 Å². The summed E-state index contributed by atoms with van der Waals surface area (Å²) in [4.78, 5) is 0. The number of rotatable bonds is 8. The number of halogens is 4. The molecular formula is C22H19Cl3INO2. The summed E-state index contributed by atoms with van der Waals surface area (Å²) in [7, 11) is 0. The van der Waals surface area contributed by atoms with E-state index in [1.54, 1.807) is 12.1 Å². The van der Waals surface area contributed by atoms with Crippen LogP contribution in [0.25, 0.3) is 0 Å². The predicted molar refractivity (Wildman–Crippen MR) is 130 cm³/mol. The Labute approximate surface area is 199 Å². The fraction of sp³-hybridized carbons (Fsp3) is 0.182. The monoisotopic (exact) mass is 561 g/mol. The van der Waals surface area contributed by atoms with Crippen LogP contribution in [0.1, 0.15) is 18.1 Å². The first-order chi connectivity index (χ1) is 14.0. The highest BCUT2D eigenvalue weighted by molar-refractivity contribution is 14.1. The minimum atomic E-state index is 0.369. The van der Waals surface area contributed by atoms with Crippen molar-refractivity contribution >= 4 is 63.1 Å². The molecule has 0 unspecified atom stereocenters. The van der Waals surface area contributed by atoms with Crippen molar-refractivity contribution in [3.63, 3.8) is 0 Å². The van der Waals surface area contributed by atoms with E-state index in [0.717, 1.165) is 20.4 Å². The van der Waals surface area contributed by atoms with Crippen molar-refractivity contribution in [2.75, 3.05) is 11.9 Å². The maximum absolute atomic E-state index is 6.24. The van der Waals surface area contributed by atoms with Gasteiger partial charge in [0.25, 0.3) is 0 Å². The fourth-order valence-corrected chi connectivity index (χ4v) is 4.21. The van der Waals surface area contributed by atoms with Gasteiger partial charge in [0.05, 0.1) is 20.9 Å². The van der Waals surface area contributed by atoms with Crippen molar-refractivity contribution in [1.29, 1.82) is 0 Å². The summed E-state index contributed by atoms with van der Waals surface area (Å²) in [6.07, 6.45) is 0. The summed E-state index contributed by atoms with van der Waals surface area (Å²) < 4.78 is 12.9. The molecule has 0 aliphatic rings. The van der Waals surface area contributed by atoms with Crippen LogP contribution in [-0.2, 0) is 13.2 Å². The molecule has 0 saturated heterocycles. The molecule has 152 valence electrons. The van der Waals surface area contributed by atoms with Crippen molar-refractivity contribution in [3.05, 3.63) is 84.4 Å². The number of hydrogen-bond donors (Lipinski definition) is 1. The van der Waals surface area contributed by atoms with Crippen LogP contribution < -0.4 is 14.8 Å². The molecule has 0 heterocycles. The van der Waals surface area contributed by atoms with Gasteiger partial charge in [0.1, 0.15) is 6.61 Å². The van der Waals surface area contributed by atoms with Gasteiger partial charge in [-0.1, -0.05) is 53.0 Å². The topological polar surface area (TPSA) is 30.5 Å². The number of hydrogen-bond acceptors (Lipinski definition) is 3. The molecule has 7 heteroatoms. The van der Waals surface area contributed by atoms with E-state index in [4.69, 9.17) is 44.3 Å². The lowest BCUT2D eigenvalue weighted by Gasteiger charge is -2.17. The van der Waals surface area contributed by atoms with Gasteiger partial charge >= 0.3 is 0 Å². The van der Waals surface area contributed by atoms with Crippen LogP contribution in [0.15, 0.2) is 54.6 Å². The number of benzene rings is 3. The highest BCUT2D eigenvalue weighted by Gasteiger charge is 2.14. The van der Waals surface area contributed by atoms with Gasteiger partial charge in [0.2, 0.25) is 0 Å². The molecule has 3 nitrogen and oxygen atoms in total. The highest BCUT2D eigenvalue weighted by atomic mass is 127. The second-order valence-electron chi connectivity index (χ2n) is 6.20. The smallest absolute Gasteiger partial charge is 0.174 e. The molecule has 3 aromatic carbocycles. The molecule has 0 aromatic heterocycles. The predicted octanol–water partition coefficient (Wildman–Crippen LogP) is 7.84. The number of ether oxygens (including phenoxy) is 2. The summed E-state index contributed by atoms with van der Waals surface area (Å²) in [6, 6.07) is 17.1. The van der Waals surface area contributed by atoms with Crippen molar-refractivity contribution in [2.24, 2.45) is 0 Å². The summed E-state index contributed by atoms with van der Waals surface area (Å²) in [5.41, 5.74) is 2.80. The van der Waals surface area contributed by atoms with Gasteiger partial charge in [-0.2, -0.15) is 0 Å². The molecule has 0 radical (unpaired) electrons. The third kappa shape index (κ3) is 6.07. The molecule has 0 saturated carbocycles. The third-order valence-corrected chi connectivity index (χ3v) is 5.83. The van der Waals surface area contributed by atoms with Gasteiger partial charge in [-0.05, 0) is 71.5 Å². The van der Waals surface area contributed by atoms with Gasteiger partial charge in [-0.15, -0.1) is 0 Å². The second kappa shape index (κ2) is 10.6. The fourth-order valence-electron chi connectivity index (χ4n) is 2.72. The minimum absolute atomic E-state index is 0.369. The molecule has 1 N–H and O–H groups in total. The van der Waals surface area contributed by atoms with Crippen molar-refractivity contribution in [2.45, 2.75) is 20.1 Å². The average Bonchev–Trinajstić information content (AvgIpc) is 2.68. The number of nitrogens with one attached hydrogen (secondary N) is 1. The Kier molecular flexibility index (Phi) is 8.18. The van der Waals surface area contributed by atoms with E-state index in [1.807, 2.05) is 43.3 Å². The van der Waals surface area contributed by atoms with E-state index in [-0.39, 0.29) is 0 Å². The van der Waals surface area contributed by atoms with Crippen molar-refractivity contribution in [1.82, 2.24) is 0 Å². The lowest BCUT2D eigenvalue weighted by molar-refractivity contribution is 0.267. The van der Waals surface area contributed by atoms with Gasteiger partial charge in [-0.25, -0.2) is 0 Å². The van der Waals surface area contributed by atoms with Crippen molar-refractivity contribution < 1.29 is 9.47 Å². The van der Waals surface area contributed by atoms with E-state index < -0.39 is 0 Å². The Morgan fingerprint density at radius 2 is 1.72 bits per heavy atom. The lowest BCUT2D eigenvalue weighted by Crippen LogP contribution is -2.05. The maximum Gasteiger partial charge on any atom is 0.174 e. The Morgan fingerprint density at radius 1 is 0.931 bits per heavy atom. The van der Waals surface area contributed by atoms with E-state index in [9.17, 15) is 0 Å². The summed E-state index contributed by atoms with van der Waals surface area (Å²) in [5, 5.41) is 5.20. The van der Waals surface area contributed by atoms with Gasteiger partial charge in [0.15, 0.2) is 11.5 Å². The second-order valence-corrected chi connectivity index (χ2v) is 8.61. The molecule has 3 aromatic rings. The molecule has 0 fully saturated rings. The van der Waals surface area contributed by atoms with Gasteiger partial charge in [-0.3, -0.25) is 0 Å². The van der Waals surface area contributed by atoms with Crippen molar-refractivity contribution in [3.8, 4) is 11.5 Å². The highest BCUT2D eigenvalue weighted by Crippen LogP contribution is 2.36. The van der Waals surface area contributed by atoms with E-state index >= 15 is 0 Å².